The molecule has 19 heavy (non-hydrogen) atoms. The standard InChI is InChI=1S/C14H15NO3S/c1-8(2)13-15-11(14(16)17)12(19-13)9-5-4-6-10(7-9)18-3/h4-8H,1-3H3,(H,16,17). The maximum Gasteiger partial charge on any atom is 0.356 e. The minimum Gasteiger partial charge on any atom is -0.497 e. The quantitative estimate of drug-likeness (QED) is 0.926. The predicted octanol–water partition coefficient (Wildman–Crippen LogP) is 3.64. The number of carboxylic acid groups (broad SMARTS) is 1. The van der Waals surface area contributed by atoms with E-state index in [1.165, 1.54) is 11.3 Å². The third-order valence-electron chi connectivity index (χ3n) is 2.67. The number of benzene rings is 1. The van der Waals surface area contributed by atoms with E-state index in [4.69, 9.17) is 4.74 Å². The third kappa shape index (κ3) is 2.76. The van der Waals surface area contributed by atoms with E-state index in [0.717, 1.165) is 10.6 Å². The number of ether oxygens (including phenoxy) is 1. The maximum absolute atomic E-state index is 11.3. The van der Waals surface area contributed by atoms with E-state index in [0.29, 0.717) is 10.6 Å². The van der Waals surface area contributed by atoms with Crippen LogP contribution in [0.2, 0.25) is 0 Å². The summed E-state index contributed by atoms with van der Waals surface area (Å²) in [5.41, 5.74) is 0.933. The first kappa shape index (κ1) is 13.5. The molecular weight excluding hydrogens is 262 g/mol. The van der Waals surface area contributed by atoms with Gasteiger partial charge in [0.1, 0.15) is 5.75 Å². The molecule has 0 aliphatic heterocycles. The van der Waals surface area contributed by atoms with E-state index in [-0.39, 0.29) is 11.6 Å². The molecule has 0 fully saturated rings. The molecule has 0 saturated carbocycles. The van der Waals surface area contributed by atoms with Crippen molar-refractivity contribution in [2.45, 2.75) is 19.8 Å². The lowest BCUT2D eigenvalue weighted by Gasteiger charge is -2.03. The van der Waals surface area contributed by atoms with Crippen LogP contribution in [0.5, 0.6) is 5.75 Å². The second-order valence-electron chi connectivity index (χ2n) is 4.42. The van der Waals surface area contributed by atoms with E-state index in [9.17, 15) is 9.90 Å². The molecule has 0 radical (unpaired) electrons. The Hall–Kier alpha value is -1.88. The number of nitrogens with zero attached hydrogens (tertiary/aromatic N) is 1. The molecule has 0 aliphatic rings. The molecule has 2 aromatic rings. The molecule has 4 nitrogen and oxygen atoms in total. The number of methoxy groups -OCH3 is 1. The molecule has 0 amide bonds. The summed E-state index contributed by atoms with van der Waals surface area (Å²) in [6.07, 6.45) is 0. The van der Waals surface area contributed by atoms with Crippen LogP contribution >= 0.6 is 11.3 Å². The second kappa shape index (κ2) is 5.40. The SMILES string of the molecule is COc1cccc(-c2sc(C(C)C)nc2C(=O)O)c1. The van der Waals surface area contributed by atoms with Gasteiger partial charge in [0.2, 0.25) is 0 Å². The minimum atomic E-state index is -0.999. The molecule has 0 saturated heterocycles. The van der Waals surface area contributed by atoms with Gasteiger partial charge in [0.25, 0.3) is 0 Å². The van der Waals surface area contributed by atoms with Gasteiger partial charge in [0, 0.05) is 5.92 Å². The molecular formula is C14H15NO3S. The molecule has 0 bridgehead atoms. The fraction of sp³-hybridized carbons (Fsp3) is 0.286. The number of hydrogen-bond acceptors (Lipinski definition) is 4. The zero-order valence-electron chi connectivity index (χ0n) is 11.0. The number of aromatic carboxylic acids is 1. The van der Waals surface area contributed by atoms with E-state index in [2.05, 4.69) is 4.98 Å². The van der Waals surface area contributed by atoms with Crippen LogP contribution < -0.4 is 4.74 Å². The van der Waals surface area contributed by atoms with Gasteiger partial charge in [0.15, 0.2) is 5.69 Å². The minimum absolute atomic E-state index is 0.113. The van der Waals surface area contributed by atoms with Gasteiger partial charge in [-0.25, -0.2) is 9.78 Å². The number of hydrogen-bond donors (Lipinski definition) is 1. The van der Waals surface area contributed by atoms with Gasteiger partial charge in [-0.05, 0) is 17.7 Å². The van der Waals surface area contributed by atoms with Crippen molar-refractivity contribution >= 4 is 17.3 Å². The van der Waals surface area contributed by atoms with E-state index in [1.54, 1.807) is 7.11 Å². The van der Waals surface area contributed by atoms with Gasteiger partial charge < -0.3 is 9.84 Å². The number of rotatable bonds is 4. The fourth-order valence-electron chi connectivity index (χ4n) is 1.69. The van der Waals surface area contributed by atoms with Crippen molar-refractivity contribution in [3.05, 3.63) is 35.0 Å². The van der Waals surface area contributed by atoms with Gasteiger partial charge in [-0.3, -0.25) is 0 Å². The molecule has 1 aromatic carbocycles. The van der Waals surface area contributed by atoms with Crippen LogP contribution in [0.25, 0.3) is 10.4 Å². The van der Waals surface area contributed by atoms with E-state index >= 15 is 0 Å². The van der Waals surface area contributed by atoms with E-state index < -0.39 is 5.97 Å². The Bertz CT molecular complexity index is 604. The monoisotopic (exact) mass is 277 g/mol. The number of carbonyl (C=O) groups is 1. The van der Waals surface area contributed by atoms with Gasteiger partial charge in [-0.1, -0.05) is 26.0 Å². The summed E-state index contributed by atoms with van der Waals surface area (Å²) in [5.74, 6) is -0.0863. The molecule has 5 heteroatoms. The molecule has 100 valence electrons. The highest BCUT2D eigenvalue weighted by Crippen LogP contribution is 2.34. The van der Waals surface area contributed by atoms with Crippen LogP contribution in [0.15, 0.2) is 24.3 Å². The second-order valence-corrected chi connectivity index (χ2v) is 5.45. The molecule has 0 unspecified atom stereocenters. The lowest BCUT2D eigenvalue weighted by Crippen LogP contribution is -1.99. The van der Waals surface area contributed by atoms with Crippen LogP contribution in [-0.4, -0.2) is 23.2 Å². The third-order valence-corrected chi connectivity index (χ3v) is 4.08. The lowest BCUT2D eigenvalue weighted by atomic mass is 10.1. The molecule has 1 heterocycles. The van der Waals surface area contributed by atoms with Crippen molar-refractivity contribution in [1.82, 2.24) is 4.98 Å². The molecule has 0 aliphatic carbocycles. The summed E-state index contributed by atoms with van der Waals surface area (Å²) < 4.78 is 5.17. The van der Waals surface area contributed by atoms with Crippen molar-refractivity contribution in [3.8, 4) is 16.2 Å². The van der Waals surface area contributed by atoms with Crippen molar-refractivity contribution in [1.29, 1.82) is 0 Å². The highest BCUT2D eigenvalue weighted by atomic mass is 32.1. The molecule has 1 aromatic heterocycles. The first-order valence-corrected chi connectivity index (χ1v) is 6.73. The van der Waals surface area contributed by atoms with Crippen LogP contribution in [-0.2, 0) is 0 Å². The highest BCUT2D eigenvalue weighted by Gasteiger charge is 2.20. The van der Waals surface area contributed by atoms with Gasteiger partial charge in [-0.2, -0.15) is 0 Å². The molecule has 0 spiro atoms. The number of aromatic nitrogens is 1. The Labute approximate surface area is 115 Å². The smallest absolute Gasteiger partial charge is 0.356 e. The Morgan fingerprint density at radius 2 is 2.16 bits per heavy atom. The Kier molecular flexibility index (Phi) is 3.85. The number of carboxylic acids is 1. The average molecular weight is 277 g/mol. The van der Waals surface area contributed by atoms with Crippen molar-refractivity contribution < 1.29 is 14.6 Å². The first-order valence-electron chi connectivity index (χ1n) is 5.91. The highest BCUT2D eigenvalue weighted by molar-refractivity contribution is 7.15. The van der Waals surface area contributed by atoms with Gasteiger partial charge in [-0.15, -0.1) is 11.3 Å². The summed E-state index contributed by atoms with van der Waals surface area (Å²) in [6, 6.07) is 7.36. The van der Waals surface area contributed by atoms with Crippen molar-refractivity contribution in [2.75, 3.05) is 7.11 Å². The summed E-state index contributed by atoms with van der Waals surface area (Å²) in [4.78, 5) is 16.2. The predicted molar refractivity (Wildman–Crippen MR) is 75.2 cm³/mol. The number of thiazole rings is 1. The molecule has 1 N–H and O–H groups in total. The normalized spacial score (nSPS) is 10.7. The van der Waals surface area contributed by atoms with Crippen molar-refractivity contribution in [2.24, 2.45) is 0 Å². The van der Waals surface area contributed by atoms with Gasteiger partial charge >= 0.3 is 5.97 Å². The van der Waals surface area contributed by atoms with Crippen molar-refractivity contribution in [3.63, 3.8) is 0 Å². The van der Waals surface area contributed by atoms with Crippen LogP contribution in [0.3, 0.4) is 0 Å². The summed E-state index contributed by atoms with van der Waals surface area (Å²) in [5, 5.41) is 10.1. The lowest BCUT2D eigenvalue weighted by molar-refractivity contribution is 0.0692. The molecule has 2 rings (SSSR count). The Morgan fingerprint density at radius 1 is 1.42 bits per heavy atom. The summed E-state index contributed by atoms with van der Waals surface area (Å²) in [7, 11) is 1.59. The Morgan fingerprint density at radius 3 is 2.74 bits per heavy atom. The van der Waals surface area contributed by atoms with Crippen LogP contribution in [0, 0.1) is 0 Å². The van der Waals surface area contributed by atoms with Gasteiger partial charge in [0.05, 0.1) is 17.0 Å². The topological polar surface area (TPSA) is 59.4 Å². The zero-order valence-corrected chi connectivity index (χ0v) is 11.8. The zero-order chi connectivity index (χ0) is 14.0. The molecule has 0 atom stereocenters. The average Bonchev–Trinajstić information content (AvgIpc) is 2.84. The largest absolute Gasteiger partial charge is 0.497 e. The van der Waals surface area contributed by atoms with E-state index in [1.807, 2.05) is 38.1 Å². The van der Waals surface area contributed by atoms with Crippen LogP contribution in [0.4, 0.5) is 0 Å². The summed E-state index contributed by atoms with van der Waals surface area (Å²) >= 11 is 1.42. The van der Waals surface area contributed by atoms with Crippen LogP contribution in [0.1, 0.15) is 35.3 Å². The fourth-order valence-corrected chi connectivity index (χ4v) is 2.74. The first-order chi connectivity index (χ1) is 9.02. The maximum atomic E-state index is 11.3. The summed E-state index contributed by atoms with van der Waals surface area (Å²) in [6.45, 7) is 4.00. The Balaban J connectivity index is 2.56.